The van der Waals surface area contributed by atoms with Crippen molar-refractivity contribution in [2.75, 3.05) is 6.54 Å². The Balaban J connectivity index is 0.00000161. The Morgan fingerprint density at radius 3 is 3.00 bits per heavy atom. The maximum atomic E-state index is 12.3. The zero-order chi connectivity index (χ0) is 14.1. The average Bonchev–Trinajstić information content (AvgIpc) is 2.81. The number of halogens is 2. The number of nitrogens with one attached hydrogen (secondary N) is 1. The second-order valence-electron chi connectivity index (χ2n) is 5.32. The maximum Gasteiger partial charge on any atom is 0.156 e. The van der Waals surface area contributed by atoms with Crippen molar-refractivity contribution in [3.8, 4) is 0 Å². The molecule has 1 aliphatic rings. The van der Waals surface area contributed by atoms with E-state index in [1.54, 1.807) is 11.3 Å². The van der Waals surface area contributed by atoms with Crippen LogP contribution in [0.15, 0.2) is 12.1 Å². The number of ketones is 1. The number of hydrogen-bond donors (Lipinski definition) is 1. The van der Waals surface area contributed by atoms with E-state index in [9.17, 15) is 4.79 Å². The van der Waals surface area contributed by atoms with Crippen LogP contribution in [0.2, 0.25) is 5.02 Å². The summed E-state index contributed by atoms with van der Waals surface area (Å²) in [5.41, 5.74) is 1.94. The molecule has 0 unspecified atom stereocenters. The molecule has 6 heteroatoms. The molecule has 21 heavy (non-hydrogen) atoms. The van der Waals surface area contributed by atoms with Gasteiger partial charge in [-0.1, -0.05) is 18.0 Å². The Labute approximate surface area is 139 Å². The van der Waals surface area contributed by atoms with E-state index in [-0.39, 0.29) is 24.2 Å². The third kappa shape index (κ3) is 3.75. The molecule has 0 amide bonds. The molecule has 0 radical (unpaired) electrons. The van der Waals surface area contributed by atoms with Crippen molar-refractivity contribution in [1.82, 2.24) is 10.3 Å². The summed E-state index contributed by atoms with van der Waals surface area (Å²) in [6, 6.07) is 3.94. The fraction of sp³-hybridized carbons (Fsp3) is 0.467. The summed E-state index contributed by atoms with van der Waals surface area (Å²) in [5, 5.41) is 4.92. The van der Waals surface area contributed by atoms with Gasteiger partial charge in [-0.25, -0.2) is 4.98 Å². The number of aromatic nitrogens is 1. The molecule has 0 aliphatic carbocycles. The molecule has 1 atom stereocenters. The van der Waals surface area contributed by atoms with Crippen molar-refractivity contribution in [2.45, 2.75) is 38.6 Å². The Morgan fingerprint density at radius 2 is 2.29 bits per heavy atom. The third-order valence-electron chi connectivity index (χ3n) is 3.74. The number of aryl methyl sites for hydroxylation is 1. The molecule has 1 aliphatic heterocycles. The van der Waals surface area contributed by atoms with Gasteiger partial charge in [0.05, 0.1) is 22.7 Å². The fourth-order valence-corrected chi connectivity index (χ4v) is 3.79. The summed E-state index contributed by atoms with van der Waals surface area (Å²) in [6.07, 6.45) is 3.68. The van der Waals surface area contributed by atoms with Crippen LogP contribution in [0, 0.1) is 6.92 Å². The number of nitrogens with zero attached hydrogens (tertiary/aromatic N) is 1. The molecule has 1 fully saturated rings. The van der Waals surface area contributed by atoms with Gasteiger partial charge in [0.25, 0.3) is 0 Å². The minimum atomic E-state index is 0. The first-order valence-electron chi connectivity index (χ1n) is 6.95. The van der Waals surface area contributed by atoms with Gasteiger partial charge in [-0.15, -0.1) is 23.7 Å². The largest absolute Gasteiger partial charge is 0.307 e. The van der Waals surface area contributed by atoms with E-state index in [1.807, 2.05) is 19.1 Å². The van der Waals surface area contributed by atoms with E-state index in [0.29, 0.717) is 6.42 Å². The maximum absolute atomic E-state index is 12.3. The third-order valence-corrected chi connectivity index (χ3v) is 5.16. The lowest BCUT2D eigenvalue weighted by Gasteiger charge is -2.21. The number of thiazole rings is 1. The zero-order valence-corrected chi connectivity index (χ0v) is 14.2. The number of rotatable bonds is 3. The summed E-state index contributed by atoms with van der Waals surface area (Å²) < 4.78 is 1.10. The summed E-state index contributed by atoms with van der Waals surface area (Å²) in [6.45, 7) is 2.93. The molecule has 0 bridgehead atoms. The van der Waals surface area contributed by atoms with Crippen LogP contribution in [-0.4, -0.2) is 23.4 Å². The molecule has 0 saturated carbocycles. The van der Waals surface area contributed by atoms with Crippen molar-refractivity contribution in [3.05, 3.63) is 27.7 Å². The van der Waals surface area contributed by atoms with Gasteiger partial charge in [-0.3, -0.25) is 4.79 Å². The van der Waals surface area contributed by atoms with Crippen molar-refractivity contribution >= 4 is 51.3 Å². The molecule has 0 spiro atoms. The van der Waals surface area contributed by atoms with Crippen LogP contribution in [0.25, 0.3) is 10.2 Å². The highest BCUT2D eigenvalue weighted by molar-refractivity contribution is 7.18. The first-order valence-corrected chi connectivity index (χ1v) is 8.14. The van der Waals surface area contributed by atoms with E-state index >= 15 is 0 Å². The Morgan fingerprint density at radius 1 is 1.48 bits per heavy atom. The second kappa shape index (κ2) is 7.05. The second-order valence-corrected chi connectivity index (χ2v) is 6.84. The summed E-state index contributed by atoms with van der Waals surface area (Å²) in [5.74, 6) is 0.256. The van der Waals surface area contributed by atoms with E-state index in [1.165, 1.54) is 6.42 Å². The fourth-order valence-electron chi connectivity index (χ4n) is 2.57. The van der Waals surface area contributed by atoms with E-state index in [0.717, 1.165) is 45.2 Å². The first-order chi connectivity index (χ1) is 9.63. The number of carbonyl (C=O) groups is 1. The van der Waals surface area contributed by atoms with Gasteiger partial charge in [0.15, 0.2) is 5.78 Å². The molecule has 1 aromatic carbocycles. The van der Waals surface area contributed by atoms with Gasteiger partial charge < -0.3 is 5.32 Å². The molecule has 3 nitrogen and oxygen atoms in total. The number of Topliss-reactive ketones (excluding diaryl/α,β-unsaturated/α-hetero) is 1. The van der Waals surface area contributed by atoms with Crippen LogP contribution >= 0.6 is 35.3 Å². The minimum Gasteiger partial charge on any atom is -0.307 e. The first kappa shape index (κ1) is 16.7. The molecule has 1 aromatic heterocycles. The molecule has 1 N–H and O–H groups in total. The normalized spacial score (nSPS) is 18.5. The van der Waals surface area contributed by atoms with Crippen LogP contribution in [0.5, 0.6) is 0 Å². The quantitative estimate of drug-likeness (QED) is 0.916. The van der Waals surface area contributed by atoms with E-state index < -0.39 is 0 Å². The number of piperidine rings is 1. The molecular formula is C15H18Cl2N2OS. The lowest BCUT2D eigenvalue weighted by atomic mass is 10.00. The number of benzene rings is 1. The number of fused-ring (bicyclic) bond motifs is 1. The van der Waals surface area contributed by atoms with Crippen LogP contribution in [-0.2, 0) is 11.2 Å². The SMILES string of the molecule is Cc1cc2sc(CC(=O)[C@@H]3CCCCN3)nc2cc1Cl.Cl. The number of carbonyl (C=O) groups excluding carboxylic acids is 1. The standard InChI is InChI=1S/C15H17ClN2OS.ClH/c1-9-6-14-12(7-10(9)16)18-15(20-14)8-13(19)11-4-2-3-5-17-11;/h6-7,11,17H,2-5,8H2,1H3;1H/t11-;/m0./s1. The van der Waals surface area contributed by atoms with Gasteiger partial charge in [-0.2, -0.15) is 0 Å². The van der Waals surface area contributed by atoms with Crippen molar-refractivity contribution < 1.29 is 4.79 Å². The monoisotopic (exact) mass is 344 g/mol. The summed E-state index contributed by atoms with van der Waals surface area (Å²) >= 11 is 7.71. The smallest absolute Gasteiger partial charge is 0.156 e. The molecule has 3 rings (SSSR count). The molecular weight excluding hydrogens is 327 g/mol. The lowest BCUT2D eigenvalue weighted by Crippen LogP contribution is -2.41. The highest BCUT2D eigenvalue weighted by Crippen LogP contribution is 2.28. The van der Waals surface area contributed by atoms with Gasteiger partial charge in [0.1, 0.15) is 5.01 Å². The summed E-state index contributed by atoms with van der Waals surface area (Å²) in [4.78, 5) is 16.8. The van der Waals surface area contributed by atoms with Crippen LogP contribution in [0.3, 0.4) is 0 Å². The van der Waals surface area contributed by atoms with Gasteiger partial charge in [0.2, 0.25) is 0 Å². The minimum absolute atomic E-state index is 0. The Bertz CT molecular complexity index is 611. The van der Waals surface area contributed by atoms with Gasteiger partial charge >= 0.3 is 0 Å². The van der Waals surface area contributed by atoms with E-state index in [2.05, 4.69) is 10.3 Å². The van der Waals surface area contributed by atoms with Crippen LogP contribution in [0.4, 0.5) is 0 Å². The van der Waals surface area contributed by atoms with Crippen LogP contribution in [0.1, 0.15) is 29.8 Å². The average molecular weight is 345 g/mol. The molecule has 1 saturated heterocycles. The zero-order valence-electron chi connectivity index (χ0n) is 11.8. The van der Waals surface area contributed by atoms with Crippen LogP contribution < -0.4 is 5.32 Å². The van der Waals surface area contributed by atoms with E-state index in [4.69, 9.17) is 11.6 Å². The van der Waals surface area contributed by atoms with Crippen molar-refractivity contribution in [2.24, 2.45) is 0 Å². The lowest BCUT2D eigenvalue weighted by molar-refractivity contribution is -0.120. The van der Waals surface area contributed by atoms with Gasteiger partial charge in [0, 0.05) is 5.02 Å². The summed E-state index contributed by atoms with van der Waals surface area (Å²) in [7, 11) is 0. The van der Waals surface area contributed by atoms with Crippen molar-refractivity contribution in [1.29, 1.82) is 0 Å². The predicted molar refractivity (Wildman–Crippen MR) is 91.0 cm³/mol. The molecule has 114 valence electrons. The Kier molecular flexibility index (Phi) is 5.60. The highest BCUT2D eigenvalue weighted by Gasteiger charge is 2.21. The van der Waals surface area contributed by atoms with Crippen molar-refractivity contribution in [3.63, 3.8) is 0 Å². The topological polar surface area (TPSA) is 42.0 Å². The molecule has 2 heterocycles. The Hall–Kier alpha value is -0.680. The predicted octanol–water partition coefficient (Wildman–Crippen LogP) is 3.93. The van der Waals surface area contributed by atoms with Gasteiger partial charge in [-0.05, 0) is 44.0 Å². The number of hydrogen-bond acceptors (Lipinski definition) is 4. The highest BCUT2D eigenvalue weighted by atomic mass is 35.5. The molecule has 2 aromatic rings.